The Morgan fingerprint density at radius 1 is 1.24 bits per heavy atom. The molecule has 0 atom stereocenters. The first-order valence-electron chi connectivity index (χ1n) is 8.30. The molecule has 0 aromatic heterocycles. The van der Waals surface area contributed by atoms with Crippen LogP contribution in [0.1, 0.15) is 51.5 Å². The van der Waals surface area contributed by atoms with Gasteiger partial charge in [-0.05, 0) is 30.4 Å². The monoisotopic (exact) mass is 308 g/mol. The van der Waals surface area contributed by atoms with Crippen molar-refractivity contribution in [3.63, 3.8) is 0 Å². The van der Waals surface area contributed by atoms with Gasteiger partial charge in [0.1, 0.15) is 0 Å². The molecule has 0 aliphatic heterocycles. The molecule has 0 radical (unpaired) electrons. The molecule has 1 aliphatic carbocycles. The average Bonchev–Trinajstić information content (AvgIpc) is 2.46. The lowest BCUT2D eigenvalue weighted by Gasteiger charge is -2.30. The van der Waals surface area contributed by atoms with Crippen molar-refractivity contribution in [2.24, 2.45) is 5.92 Å². The van der Waals surface area contributed by atoms with Crippen LogP contribution in [0.4, 0.5) is 5.69 Å². The van der Waals surface area contributed by atoms with E-state index in [0.29, 0.717) is 6.04 Å². The van der Waals surface area contributed by atoms with Crippen LogP contribution in [-0.2, 0) is 6.54 Å². The van der Waals surface area contributed by atoms with Crippen LogP contribution in [-0.4, -0.2) is 19.6 Å². The van der Waals surface area contributed by atoms with Crippen molar-refractivity contribution in [1.82, 2.24) is 5.32 Å². The van der Waals surface area contributed by atoms with Gasteiger partial charge in [0.05, 0.1) is 10.7 Å². The molecule has 1 aromatic carbocycles. The summed E-state index contributed by atoms with van der Waals surface area (Å²) in [5, 5.41) is 4.37. The second-order valence-electron chi connectivity index (χ2n) is 6.67. The van der Waals surface area contributed by atoms with Gasteiger partial charge < -0.3 is 10.2 Å². The summed E-state index contributed by atoms with van der Waals surface area (Å²) in [6, 6.07) is 6.74. The molecule has 0 spiro atoms. The van der Waals surface area contributed by atoms with Crippen LogP contribution < -0.4 is 10.2 Å². The fraction of sp³-hybridized carbons (Fsp3) is 0.667. The first-order valence-corrected chi connectivity index (χ1v) is 8.67. The van der Waals surface area contributed by atoms with Gasteiger partial charge in [-0.1, -0.05) is 56.8 Å². The topological polar surface area (TPSA) is 15.3 Å². The van der Waals surface area contributed by atoms with Crippen molar-refractivity contribution in [2.45, 2.75) is 58.5 Å². The Hall–Kier alpha value is -0.730. The van der Waals surface area contributed by atoms with Gasteiger partial charge in [0.2, 0.25) is 0 Å². The highest BCUT2D eigenvalue weighted by molar-refractivity contribution is 6.33. The Morgan fingerprint density at radius 3 is 2.62 bits per heavy atom. The fourth-order valence-corrected chi connectivity index (χ4v) is 3.63. The molecule has 21 heavy (non-hydrogen) atoms. The van der Waals surface area contributed by atoms with Gasteiger partial charge in [0.15, 0.2) is 0 Å². The highest BCUT2D eigenvalue weighted by atomic mass is 35.5. The van der Waals surface area contributed by atoms with Crippen molar-refractivity contribution in [3.05, 3.63) is 28.8 Å². The van der Waals surface area contributed by atoms with E-state index in [2.05, 4.69) is 43.2 Å². The zero-order valence-electron chi connectivity index (χ0n) is 13.7. The van der Waals surface area contributed by atoms with Crippen LogP contribution >= 0.6 is 11.6 Å². The number of nitrogens with one attached hydrogen (secondary N) is 1. The van der Waals surface area contributed by atoms with Gasteiger partial charge in [-0.2, -0.15) is 0 Å². The molecule has 2 rings (SSSR count). The normalized spacial score (nSPS) is 16.4. The quantitative estimate of drug-likeness (QED) is 0.807. The van der Waals surface area contributed by atoms with Crippen LogP contribution in [0.5, 0.6) is 0 Å². The molecule has 1 fully saturated rings. The van der Waals surface area contributed by atoms with E-state index in [-0.39, 0.29) is 0 Å². The van der Waals surface area contributed by atoms with E-state index in [1.165, 1.54) is 43.4 Å². The molecule has 1 N–H and O–H groups in total. The largest absolute Gasteiger partial charge is 0.373 e. The molecule has 1 aliphatic rings. The van der Waals surface area contributed by atoms with Crippen LogP contribution in [0.25, 0.3) is 0 Å². The molecular weight excluding hydrogens is 280 g/mol. The Labute approximate surface area is 134 Å². The first-order chi connectivity index (χ1) is 10.1. The maximum absolute atomic E-state index is 6.49. The fourth-order valence-electron chi connectivity index (χ4n) is 3.29. The lowest BCUT2D eigenvalue weighted by atomic mass is 9.89. The molecule has 0 amide bonds. The summed E-state index contributed by atoms with van der Waals surface area (Å²) in [7, 11) is 2.19. The number of hydrogen-bond donors (Lipinski definition) is 1. The summed E-state index contributed by atoms with van der Waals surface area (Å²) in [6.45, 7) is 6.35. The van der Waals surface area contributed by atoms with E-state index >= 15 is 0 Å². The standard InChI is InChI=1S/C18H29ClN2/c1-14(2)20-12-16-10-7-11-17(19)18(16)21(3)13-15-8-5-4-6-9-15/h7,10-11,14-15,20H,4-6,8-9,12-13H2,1-3H3. The molecule has 2 nitrogen and oxygen atoms in total. The molecule has 3 heteroatoms. The number of para-hydroxylation sites is 1. The van der Waals surface area contributed by atoms with Crippen molar-refractivity contribution in [2.75, 3.05) is 18.5 Å². The maximum Gasteiger partial charge on any atom is 0.0642 e. The molecule has 1 aromatic rings. The second kappa shape index (κ2) is 8.05. The van der Waals surface area contributed by atoms with E-state index in [1.54, 1.807) is 0 Å². The van der Waals surface area contributed by atoms with E-state index in [1.807, 2.05) is 6.07 Å². The van der Waals surface area contributed by atoms with E-state index < -0.39 is 0 Å². The number of rotatable bonds is 6. The lowest BCUT2D eigenvalue weighted by molar-refractivity contribution is 0.362. The third kappa shape index (κ3) is 4.89. The third-order valence-electron chi connectivity index (χ3n) is 4.41. The van der Waals surface area contributed by atoms with Gasteiger partial charge in [-0.3, -0.25) is 0 Å². The highest BCUT2D eigenvalue weighted by Gasteiger charge is 2.18. The highest BCUT2D eigenvalue weighted by Crippen LogP contribution is 2.32. The minimum atomic E-state index is 0.487. The Balaban J connectivity index is 2.08. The predicted octanol–water partition coefficient (Wildman–Crippen LogP) is 4.85. The van der Waals surface area contributed by atoms with Gasteiger partial charge in [-0.25, -0.2) is 0 Å². The SMILES string of the molecule is CC(C)NCc1cccc(Cl)c1N(C)CC1CCCCC1. The summed E-state index contributed by atoms with van der Waals surface area (Å²) in [5.74, 6) is 0.825. The van der Waals surface area contributed by atoms with Crippen molar-refractivity contribution >= 4 is 17.3 Å². The second-order valence-corrected chi connectivity index (χ2v) is 7.07. The predicted molar refractivity (Wildman–Crippen MR) is 93.3 cm³/mol. The van der Waals surface area contributed by atoms with Crippen LogP contribution in [0.2, 0.25) is 5.02 Å². The van der Waals surface area contributed by atoms with Gasteiger partial charge in [-0.15, -0.1) is 0 Å². The summed E-state index contributed by atoms with van der Waals surface area (Å²) in [4.78, 5) is 2.37. The van der Waals surface area contributed by atoms with E-state index in [9.17, 15) is 0 Å². The Kier molecular flexibility index (Phi) is 6.38. The summed E-state index contributed by atoms with van der Waals surface area (Å²) >= 11 is 6.49. The maximum atomic E-state index is 6.49. The number of anilines is 1. The van der Waals surface area contributed by atoms with Crippen molar-refractivity contribution < 1.29 is 0 Å². The Morgan fingerprint density at radius 2 is 1.95 bits per heavy atom. The minimum absolute atomic E-state index is 0.487. The zero-order valence-corrected chi connectivity index (χ0v) is 14.4. The third-order valence-corrected chi connectivity index (χ3v) is 4.71. The molecule has 0 bridgehead atoms. The lowest BCUT2D eigenvalue weighted by Crippen LogP contribution is -2.29. The first kappa shape index (κ1) is 16.6. The smallest absolute Gasteiger partial charge is 0.0642 e. The Bertz CT molecular complexity index is 439. The van der Waals surface area contributed by atoms with Crippen molar-refractivity contribution in [1.29, 1.82) is 0 Å². The van der Waals surface area contributed by atoms with Crippen molar-refractivity contribution in [3.8, 4) is 0 Å². The van der Waals surface area contributed by atoms with Gasteiger partial charge in [0, 0.05) is 26.2 Å². The summed E-state index contributed by atoms with van der Waals surface area (Å²) in [5.41, 5.74) is 2.51. The minimum Gasteiger partial charge on any atom is -0.373 e. The zero-order chi connectivity index (χ0) is 15.2. The number of benzene rings is 1. The molecule has 118 valence electrons. The molecule has 0 heterocycles. The molecular formula is C18H29ClN2. The van der Waals surface area contributed by atoms with Crippen LogP contribution in [0.3, 0.4) is 0 Å². The van der Waals surface area contributed by atoms with Gasteiger partial charge >= 0.3 is 0 Å². The summed E-state index contributed by atoms with van der Waals surface area (Å²) < 4.78 is 0. The van der Waals surface area contributed by atoms with E-state index in [0.717, 1.165) is 24.0 Å². The molecule has 0 unspecified atom stereocenters. The van der Waals surface area contributed by atoms with Gasteiger partial charge in [0.25, 0.3) is 0 Å². The van der Waals surface area contributed by atoms with Crippen LogP contribution in [0.15, 0.2) is 18.2 Å². The molecule has 0 saturated heterocycles. The van der Waals surface area contributed by atoms with Crippen LogP contribution in [0, 0.1) is 5.92 Å². The van der Waals surface area contributed by atoms with E-state index in [4.69, 9.17) is 11.6 Å². The number of halogens is 1. The summed E-state index contributed by atoms with van der Waals surface area (Å²) in [6.07, 6.45) is 6.93. The number of nitrogens with zero attached hydrogens (tertiary/aromatic N) is 1. The average molecular weight is 309 g/mol. The number of hydrogen-bond acceptors (Lipinski definition) is 2. The molecule has 1 saturated carbocycles.